The first-order valence-corrected chi connectivity index (χ1v) is 7.05. The maximum absolute atomic E-state index is 13.2. The Morgan fingerprint density at radius 3 is 2.71 bits per heavy atom. The number of nitrogens with one attached hydrogen (secondary N) is 1. The molecule has 0 fully saturated rings. The van der Waals surface area contributed by atoms with Crippen molar-refractivity contribution < 1.29 is 22.3 Å². The molecule has 0 aliphatic heterocycles. The van der Waals surface area contributed by atoms with Gasteiger partial charge in [-0.1, -0.05) is 15.9 Å². The first kappa shape index (κ1) is 13.9. The van der Waals surface area contributed by atoms with Gasteiger partial charge in [0.05, 0.1) is 6.26 Å². The molecule has 1 aromatic rings. The van der Waals surface area contributed by atoms with Crippen LogP contribution in [0, 0.1) is 5.82 Å². The highest BCUT2D eigenvalue weighted by Gasteiger charge is 2.10. The largest absolute Gasteiger partial charge is 0.481 e. The maximum atomic E-state index is 13.2. The van der Waals surface area contributed by atoms with Crippen LogP contribution in [-0.4, -0.2) is 27.2 Å². The Labute approximate surface area is 106 Å². The minimum Gasteiger partial charge on any atom is -0.481 e. The van der Waals surface area contributed by atoms with Gasteiger partial charge in [-0.15, -0.1) is 0 Å². The van der Waals surface area contributed by atoms with Crippen molar-refractivity contribution in [3.05, 3.63) is 28.5 Å². The Kier molecular flexibility index (Phi) is 4.47. The molecule has 94 valence electrons. The molecule has 0 atom stereocenters. The van der Waals surface area contributed by atoms with E-state index in [4.69, 9.17) is 4.74 Å². The van der Waals surface area contributed by atoms with E-state index in [1.54, 1.807) is 4.72 Å². The average molecular weight is 326 g/mol. The van der Waals surface area contributed by atoms with Gasteiger partial charge < -0.3 is 4.74 Å². The minimum atomic E-state index is -3.63. The predicted octanol–water partition coefficient (Wildman–Crippen LogP) is 1.04. The lowest BCUT2D eigenvalue weighted by Crippen LogP contribution is -2.33. The van der Waals surface area contributed by atoms with Crippen molar-refractivity contribution in [1.82, 2.24) is 4.72 Å². The van der Waals surface area contributed by atoms with Gasteiger partial charge in [-0.05, 0) is 18.2 Å². The number of rotatable bonds is 4. The zero-order valence-electron chi connectivity index (χ0n) is 8.74. The Balaban J connectivity index is 2.59. The van der Waals surface area contributed by atoms with E-state index in [1.165, 1.54) is 18.2 Å². The summed E-state index contributed by atoms with van der Waals surface area (Å²) in [6, 6.07) is 4.03. The fourth-order valence-corrected chi connectivity index (χ4v) is 1.78. The molecule has 1 rings (SSSR count). The summed E-state index contributed by atoms with van der Waals surface area (Å²) in [5.41, 5.74) is 0. The number of hydrogen-bond acceptors (Lipinski definition) is 4. The van der Waals surface area contributed by atoms with Gasteiger partial charge in [0.1, 0.15) is 0 Å². The van der Waals surface area contributed by atoms with Crippen LogP contribution >= 0.6 is 15.9 Å². The monoisotopic (exact) mass is 325 g/mol. The molecular formula is C9H9BrFNO4S. The molecule has 0 aliphatic rings. The minimum absolute atomic E-state index is 0.128. The number of benzene rings is 1. The third kappa shape index (κ3) is 5.14. The fourth-order valence-electron chi connectivity index (χ4n) is 0.972. The zero-order valence-corrected chi connectivity index (χ0v) is 11.1. The van der Waals surface area contributed by atoms with Crippen LogP contribution in [0.5, 0.6) is 5.75 Å². The average Bonchev–Trinajstić information content (AvgIpc) is 2.13. The van der Waals surface area contributed by atoms with Gasteiger partial charge in [-0.25, -0.2) is 12.8 Å². The summed E-state index contributed by atoms with van der Waals surface area (Å²) in [5, 5.41) is 0. The predicted molar refractivity (Wildman–Crippen MR) is 62.6 cm³/mol. The van der Waals surface area contributed by atoms with Gasteiger partial charge in [0.15, 0.2) is 18.2 Å². The van der Waals surface area contributed by atoms with E-state index < -0.39 is 28.4 Å². The highest BCUT2D eigenvalue weighted by Crippen LogP contribution is 2.21. The van der Waals surface area contributed by atoms with E-state index in [1.807, 2.05) is 0 Å². The van der Waals surface area contributed by atoms with Gasteiger partial charge in [0, 0.05) is 4.47 Å². The number of ether oxygens (including phenoxy) is 1. The van der Waals surface area contributed by atoms with Gasteiger partial charge in [0.2, 0.25) is 10.0 Å². The van der Waals surface area contributed by atoms with Crippen molar-refractivity contribution in [3.8, 4) is 5.75 Å². The van der Waals surface area contributed by atoms with Crippen LogP contribution < -0.4 is 9.46 Å². The van der Waals surface area contributed by atoms with Crippen LogP contribution in [0.25, 0.3) is 0 Å². The molecule has 8 heteroatoms. The first-order valence-electron chi connectivity index (χ1n) is 4.36. The molecule has 0 spiro atoms. The summed E-state index contributed by atoms with van der Waals surface area (Å²) < 4.78 is 41.7. The topological polar surface area (TPSA) is 72.5 Å². The van der Waals surface area contributed by atoms with Crippen molar-refractivity contribution in [2.24, 2.45) is 0 Å². The number of carbonyl (C=O) groups excluding carboxylic acids is 1. The molecule has 1 amide bonds. The third-order valence-electron chi connectivity index (χ3n) is 1.55. The van der Waals surface area contributed by atoms with E-state index in [-0.39, 0.29) is 5.75 Å². The maximum Gasteiger partial charge on any atom is 0.271 e. The molecule has 1 aromatic carbocycles. The first-order chi connectivity index (χ1) is 7.78. The normalized spacial score (nSPS) is 11.0. The third-order valence-corrected chi connectivity index (χ3v) is 2.64. The second-order valence-electron chi connectivity index (χ2n) is 3.16. The molecule has 0 bridgehead atoms. The second-order valence-corrected chi connectivity index (χ2v) is 5.82. The van der Waals surface area contributed by atoms with Crippen molar-refractivity contribution >= 4 is 31.9 Å². The lowest BCUT2D eigenvalue weighted by Gasteiger charge is -2.07. The molecule has 0 aromatic heterocycles. The van der Waals surface area contributed by atoms with Crippen molar-refractivity contribution in [1.29, 1.82) is 0 Å². The summed E-state index contributed by atoms with van der Waals surface area (Å²) in [7, 11) is -3.63. The molecule has 0 heterocycles. The highest BCUT2D eigenvalue weighted by molar-refractivity contribution is 9.10. The van der Waals surface area contributed by atoms with Crippen LogP contribution in [0.4, 0.5) is 4.39 Å². The Bertz CT molecular complexity index is 532. The number of halogens is 2. The van der Waals surface area contributed by atoms with Gasteiger partial charge in [-0.3, -0.25) is 9.52 Å². The van der Waals surface area contributed by atoms with Crippen molar-refractivity contribution in [2.45, 2.75) is 0 Å². The molecular weight excluding hydrogens is 317 g/mol. The molecule has 5 nitrogen and oxygen atoms in total. The summed E-state index contributed by atoms with van der Waals surface area (Å²) in [4.78, 5) is 11.1. The van der Waals surface area contributed by atoms with Crippen molar-refractivity contribution in [3.63, 3.8) is 0 Å². The molecule has 17 heavy (non-hydrogen) atoms. The highest BCUT2D eigenvalue weighted by atomic mass is 79.9. The van der Waals surface area contributed by atoms with Crippen LogP contribution in [0.15, 0.2) is 22.7 Å². The smallest absolute Gasteiger partial charge is 0.271 e. The Hall–Kier alpha value is -1.15. The molecule has 0 saturated carbocycles. The number of hydrogen-bond donors (Lipinski definition) is 1. The SMILES string of the molecule is CS(=O)(=O)NC(=O)COc1ccc(Br)cc1F. The van der Waals surface area contributed by atoms with Gasteiger partial charge in [-0.2, -0.15) is 0 Å². The quantitative estimate of drug-likeness (QED) is 0.897. The van der Waals surface area contributed by atoms with E-state index in [9.17, 15) is 17.6 Å². The van der Waals surface area contributed by atoms with E-state index in [2.05, 4.69) is 15.9 Å². The number of carbonyl (C=O) groups is 1. The zero-order chi connectivity index (χ0) is 13.1. The van der Waals surface area contributed by atoms with Crippen LogP contribution in [0.1, 0.15) is 0 Å². The van der Waals surface area contributed by atoms with E-state index in [0.29, 0.717) is 4.47 Å². The van der Waals surface area contributed by atoms with Crippen molar-refractivity contribution in [2.75, 3.05) is 12.9 Å². The molecule has 0 aliphatic carbocycles. The molecule has 0 unspecified atom stereocenters. The van der Waals surface area contributed by atoms with E-state index in [0.717, 1.165) is 6.26 Å². The summed E-state index contributed by atoms with van der Waals surface area (Å²) in [6.07, 6.45) is 0.838. The summed E-state index contributed by atoms with van der Waals surface area (Å²) >= 11 is 3.06. The van der Waals surface area contributed by atoms with Crippen LogP contribution in [0.2, 0.25) is 0 Å². The summed E-state index contributed by atoms with van der Waals surface area (Å²) in [5.74, 6) is -1.64. The molecule has 0 saturated heterocycles. The van der Waals surface area contributed by atoms with Crippen LogP contribution in [-0.2, 0) is 14.8 Å². The van der Waals surface area contributed by atoms with E-state index >= 15 is 0 Å². The lowest BCUT2D eigenvalue weighted by atomic mass is 10.3. The Morgan fingerprint density at radius 1 is 1.53 bits per heavy atom. The lowest BCUT2D eigenvalue weighted by molar-refractivity contribution is -0.121. The fraction of sp³-hybridized carbons (Fsp3) is 0.222. The second kappa shape index (κ2) is 5.46. The molecule has 1 N–H and O–H groups in total. The number of sulfonamides is 1. The van der Waals surface area contributed by atoms with Crippen LogP contribution in [0.3, 0.4) is 0 Å². The number of amides is 1. The Morgan fingerprint density at radius 2 is 2.18 bits per heavy atom. The summed E-state index contributed by atoms with van der Waals surface area (Å²) in [6.45, 7) is -0.578. The molecule has 0 radical (unpaired) electrons. The standard InChI is InChI=1S/C9H9BrFNO4S/c1-17(14,15)12-9(13)5-16-8-3-2-6(10)4-7(8)11/h2-4H,5H2,1H3,(H,12,13). The van der Waals surface area contributed by atoms with Gasteiger partial charge in [0.25, 0.3) is 5.91 Å². The van der Waals surface area contributed by atoms with Gasteiger partial charge >= 0.3 is 0 Å².